The molecule has 2 aliphatic rings. The van der Waals surface area contributed by atoms with Gasteiger partial charge < -0.3 is 0 Å². The van der Waals surface area contributed by atoms with Crippen molar-refractivity contribution in [3.8, 4) is 0 Å². The molecule has 0 aromatic heterocycles. The third-order valence-corrected chi connectivity index (χ3v) is 4.12. The van der Waals surface area contributed by atoms with Crippen LogP contribution in [0.25, 0.3) is 0 Å². The van der Waals surface area contributed by atoms with E-state index in [1.54, 1.807) is 32.1 Å². The fourth-order valence-corrected chi connectivity index (χ4v) is 3.32. The summed E-state index contributed by atoms with van der Waals surface area (Å²) in [5.41, 5.74) is 0. The molecule has 0 amide bonds. The van der Waals surface area contributed by atoms with Gasteiger partial charge in [-0.1, -0.05) is 64.2 Å². The number of rotatable bonds is 0. The SMILES string of the molecule is C1CCC2CCCCCC(CC1)C2. The normalized spacial score (nSPS) is 36.9. The van der Waals surface area contributed by atoms with Crippen LogP contribution in [0.3, 0.4) is 0 Å². The van der Waals surface area contributed by atoms with Gasteiger partial charge in [-0.3, -0.25) is 0 Å². The molecule has 2 saturated carbocycles. The Morgan fingerprint density at radius 2 is 0.846 bits per heavy atom. The van der Waals surface area contributed by atoms with Crippen molar-refractivity contribution < 1.29 is 0 Å². The summed E-state index contributed by atoms with van der Waals surface area (Å²) in [5.74, 6) is 2.23. The molecule has 0 radical (unpaired) electrons. The van der Waals surface area contributed by atoms with E-state index in [4.69, 9.17) is 0 Å². The van der Waals surface area contributed by atoms with E-state index in [1.807, 2.05) is 0 Å². The van der Waals surface area contributed by atoms with Crippen LogP contribution in [0, 0.1) is 11.8 Å². The molecule has 0 spiro atoms. The van der Waals surface area contributed by atoms with E-state index in [-0.39, 0.29) is 0 Å². The first kappa shape index (κ1) is 9.55. The topological polar surface area (TPSA) is 0 Å². The quantitative estimate of drug-likeness (QED) is 0.513. The van der Waals surface area contributed by atoms with Crippen molar-refractivity contribution in [1.29, 1.82) is 0 Å². The van der Waals surface area contributed by atoms with Gasteiger partial charge in [0, 0.05) is 0 Å². The molecule has 0 saturated heterocycles. The molecular weight excluding hydrogens is 156 g/mol. The molecule has 0 N–H and O–H groups in total. The van der Waals surface area contributed by atoms with Gasteiger partial charge in [0.1, 0.15) is 0 Å². The minimum absolute atomic E-state index is 1.12. The Hall–Kier alpha value is 0. The molecule has 0 heteroatoms. The highest BCUT2D eigenvalue weighted by Gasteiger charge is 2.20. The summed E-state index contributed by atoms with van der Waals surface area (Å²) in [6.45, 7) is 0. The Bertz CT molecular complexity index is 111. The van der Waals surface area contributed by atoms with Crippen molar-refractivity contribution in [3.63, 3.8) is 0 Å². The van der Waals surface area contributed by atoms with Gasteiger partial charge >= 0.3 is 0 Å². The molecule has 0 aliphatic heterocycles. The summed E-state index contributed by atoms with van der Waals surface area (Å²) in [5, 5.41) is 0. The van der Waals surface area contributed by atoms with E-state index in [2.05, 4.69) is 0 Å². The summed E-state index contributed by atoms with van der Waals surface area (Å²) < 4.78 is 0. The lowest BCUT2D eigenvalue weighted by atomic mass is 9.78. The fraction of sp³-hybridized carbons (Fsp3) is 1.00. The van der Waals surface area contributed by atoms with Crippen LogP contribution >= 0.6 is 0 Å². The maximum Gasteiger partial charge on any atom is -0.0412 e. The van der Waals surface area contributed by atoms with Gasteiger partial charge in [-0.2, -0.15) is 0 Å². The minimum atomic E-state index is 1.12. The van der Waals surface area contributed by atoms with Crippen LogP contribution in [0.5, 0.6) is 0 Å². The van der Waals surface area contributed by atoms with Crippen LogP contribution < -0.4 is 0 Å². The number of hydrogen-bond acceptors (Lipinski definition) is 0. The lowest BCUT2D eigenvalue weighted by molar-refractivity contribution is 0.244. The Balaban J connectivity index is 1.90. The fourth-order valence-electron chi connectivity index (χ4n) is 3.32. The molecular formula is C13H24. The van der Waals surface area contributed by atoms with Gasteiger partial charge in [0.25, 0.3) is 0 Å². The Kier molecular flexibility index (Phi) is 3.69. The van der Waals surface area contributed by atoms with Crippen LogP contribution in [-0.2, 0) is 0 Å². The maximum atomic E-state index is 1.58. The van der Waals surface area contributed by atoms with Gasteiger partial charge in [-0.05, 0) is 18.3 Å². The van der Waals surface area contributed by atoms with Crippen molar-refractivity contribution in [3.05, 3.63) is 0 Å². The lowest BCUT2D eigenvalue weighted by Crippen LogP contribution is -2.14. The van der Waals surface area contributed by atoms with E-state index in [1.165, 1.54) is 38.5 Å². The molecule has 13 heavy (non-hydrogen) atoms. The first-order chi connectivity index (χ1) is 6.45. The van der Waals surface area contributed by atoms with Crippen LogP contribution in [0.4, 0.5) is 0 Å². The zero-order chi connectivity index (χ0) is 8.93. The van der Waals surface area contributed by atoms with E-state index >= 15 is 0 Å². The number of hydrogen-bond donors (Lipinski definition) is 0. The van der Waals surface area contributed by atoms with Crippen LogP contribution in [0.15, 0.2) is 0 Å². The molecule has 2 rings (SSSR count). The zero-order valence-corrected chi connectivity index (χ0v) is 8.93. The van der Waals surface area contributed by atoms with Crippen molar-refractivity contribution in [2.45, 2.75) is 70.6 Å². The second-order valence-corrected chi connectivity index (χ2v) is 5.24. The predicted molar refractivity (Wildman–Crippen MR) is 57.8 cm³/mol. The summed E-state index contributed by atoms with van der Waals surface area (Å²) in [6.07, 6.45) is 16.9. The van der Waals surface area contributed by atoms with E-state index in [0.29, 0.717) is 0 Å². The molecule has 0 atom stereocenters. The van der Waals surface area contributed by atoms with Gasteiger partial charge in [0.15, 0.2) is 0 Å². The largest absolute Gasteiger partial charge is 0.0533 e. The molecule has 0 aromatic carbocycles. The molecule has 2 aliphatic carbocycles. The monoisotopic (exact) mass is 180 g/mol. The summed E-state index contributed by atoms with van der Waals surface area (Å²) in [4.78, 5) is 0. The van der Waals surface area contributed by atoms with Gasteiger partial charge in [-0.25, -0.2) is 0 Å². The maximum absolute atomic E-state index is 1.58. The second kappa shape index (κ2) is 5.02. The minimum Gasteiger partial charge on any atom is -0.0533 e. The van der Waals surface area contributed by atoms with Crippen molar-refractivity contribution in [2.75, 3.05) is 0 Å². The molecule has 76 valence electrons. The standard InChI is InChI=1S/C13H24/c1-3-7-12-9-5-2-6-10-13(11-12)8-4-1/h12-13H,1-11H2. The molecule has 2 fully saturated rings. The highest BCUT2D eigenvalue weighted by atomic mass is 14.3. The average molecular weight is 180 g/mol. The Morgan fingerprint density at radius 1 is 0.462 bits per heavy atom. The molecule has 0 aromatic rings. The van der Waals surface area contributed by atoms with E-state index < -0.39 is 0 Å². The summed E-state index contributed by atoms with van der Waals surface area (Å²) in [7, 11) is 0. The first-order valence-electron chi connectivity index (χ1n) is 6.45. The zero-order valence-electron chi connectivity index (χ0n) is 8.93. The van der Waals surface area contributed by atoms with Crippen molar-refractivity contribution in [2.24, 2.45) is 11.8 Å². The predicted octanol–water partition coefficient (Wildman–Crippen LogP) is 4.54. The van der Waals surface area contributed by atoms with Crippen LogP contribution in [0.2, 0.25) is 0 Å². The number of fused-ring (bicyclic) bond motifs is 2. The molecule has 0 heterocycles. The van der Waals surface area contributed by atoms with E-state index in [0.717, 1.165) is 11.8 Å². The third kappa shape index (κ3) is 3.00. The first-order valence-corrected chi connectivity index (χ1v) is 6.45. The van der Waals surface area contributed by atoms with Crippen LogP contribution in [-0.4, -0.2) is 0 Å². The summed E-state index contributed by atoms with van der Waals surface area (Å²) >= 11 is 0. The third-order valence-electron chi connectivity index (χ3n) is 4.12. The average Bonchev–Trinajstić information content (AvgIpc) is 2.00. The van der Waals surface area contributed by atoms with Crippen LogP contribution in [0.1, 0.15) is 70.6 Å². The molecule has 0 unspecified atom stereocenters. The second-order valence-electron chi connectivity index (χ2n) is 5.24. The smallest absolute Gasteiger partial charge is 0.0412 e. The van der Waals surface area contributed by atoms with Gasteiger partial charge in [0.05, 0.1) is 0 Å². The lowest BCUT2D eigenvalue weighted by Gasteiger charge is -2.28. The van der Waals surface area contributed by atoms with Gasteiger partial charge in [-0.15, -0.1) is 0 Å². The highest BCUT2D eigenvalue weighted by molar-refractivity contribution is 4.73. The molecule has 2 bridgehead atoms. The summed E-state index contributed by atoms with van der Waals surface area (Å²) in [6, 6.07) is 0. The Labute approximate surface area is 83.1 Å². The molecule has 0 nitrogen and oxygen atoms in total. The van der Waals surface area contributed by atoms with E-state index in [9.17, 15) is 0 Å². The van der Waals surface area contributed by atoms with Crippen molar-refractivity contribution in [1.82, 2.24) is 0 Å². The van der Waals surface area contributed by atoms with Crippen molar-refractivity contribution >= 4 is 0 Å². The van der Waals surface area contributed by atoms with Gasteiger partial charge in [0.2, 0.25) is 0 Å². The Morgan fingerprint density at radius 3 is 1.23 bits per heavy atom. The highest BCUT2D eigenvalue weighted by Crippen LogP contribution is 2.34.